The zero-order valence-corrected chi connectivity index (χ0v) is 10.7. The van der Waals surface area contributed by atoms with E-state index in [4.69, 9.17) is 20.8 Å². The minimum absolute atomic E-state index is 0.175. The Kier molecular flexibility index (Phi) is 3.05. The Hall–Kier alpha value is -2.13. The van der Waals surface area contributed by atoms with Crippen LogP contribution in [-0.2, 0) is 6.61 Å². The van der Waals surface area contributed by atoms with Crippen LogP contribution in [0, 0.1) is 0 Å². The van der Waals surface area contributed by atoms with Gasteiger partial charge < -0.3 is 14.3 Å². The van der Waals surface area contributed by atoms with Crippen LogP contribution in [0.25, 0.3) is 11.0 Å². The molecule has 0 aliphatic carbocycles. The lowest BCUT2D eigenvalue weighted by molar-refractivity contribution is 0.273. The molecule has 0 radical (unpaired) electrons. The molecule has 0 spiro atoms. The van der Waals surface area contributed by atoms with E-state index in [0.717, 1.165) is 11.0 Å². The Morgan fingerprint density at radius 3 is 2.84 bits per heavy atom. The third kappa shape index (κ3) is 2.66. The summed E-state index contributed by atoms with van der Waals surface area (Å²) in [7, 11) is 0. The normalized spacial score (nSPS) is 10.8. The first kappa shape index (κ1) is 11.9. The fraction of sp³-hybridized carbons (Fsp3) is 0.0667. The Morgan fingerprint density at radius 1 is 1.11 bits per heavy atom. The minimum atomic E-state index is 0.175. The number of benzene rings is 2. The maximum absolute atomic E-state index is 9.34. The van der Waals surface area contributed by atoms with E-state index >= 15 is 0 Å². The number of fused-ring (bicyclic) bond motifs is 1. The van der Waals surface area contributed by atoms with Crippen molar-refractivity contribution in [2.45, 2.75) is 6.61 Å². The fourth-order valence-electron chi connectivity index (χ4n) is 1.87. The van der Waals surface area contributed by atoms with E-state index in [0.29, 0.717) is 23.1 Å². The molecule has 1 N–H and O–H groups in total. The molecule has 0 saturated heterocycles. The lowest BCUT2D eigenvalue weighted by Gasteiger charge is -2.03. The van der Waals surface area contributed by atoms with Gasteiger partial charge in [-0.1, -0.05) is 17.7 Å². The van der Waals surface area contributed by atoms with Crippen LogP contribution in [0.1, 0.15) is 5.76 Å². The largest absolute Gasteiger partial charge is 0.508 e. The molecule has 1 aromatic heterocycles. The molecule has 0 aliphatic rings. The lowest BCUT2D eigenvalue weighted by Crippen LogP contribution is -1.92. The molecule has 19 heavy (non-hydrogen) atoms. The second kappa shape index (κ2) is 4.86. The van der Waals surface area contributed by atoms with E-state index in [2.05, 4.69) is 0 Å². The van der Waals surface area contributed by atoms with Crippen LogP contribution in [0.5, 0.6) is 11.5 Å². The second-order valence-electron chi connectivity index (χ2n) is 4.18. The van der Waals surface area contributed by atoms with Crippen molar-refractivity contribution in [3.8, 4) is 11.5 Å². The molecule has 4 heteroatoms. The summed E-state index contributed by atoms with van der Waals surface area (Å²) in [6, 6.07) is 14.0. The average Bonchev–Trinajstić information content (AvgIpc) is 2.78. The zero-order valence-electron chi connectivity index (χ0n) is 9.97. The number of phenolic OH excluding ortho intramolecular Hbond substituents is 1. The lowest BCUT2D eigenvalue weighted by atomic mass is 10.2. The summed E-state index contributed by atoms with van der Waals surface area (Å²) in [6.45, 7) is 0.301. The van der Waals surface area contributed by atoms with Crippen molar-refractivity contribution < 1.29 is 14.3 Å². The summed E-state index contributed by atoms with van der Waals surface area (Å²) in [5.74, 6) is 1.48. The van der Waals surface area contributed by atoms with Gasteiger partial charge in [0.05, 0.1) is 0 Å². The minimum Gasteiger partial charge on any atom is -0.508 e. The Morgan fingerprint density at radius 2 is 2.00 bits per heavy atom. The van der Waals surface area contributed by atoms with Gasteiger partial charge in [-0.3, -0.25) is 0 Å². The topological polar surface area (TPSA) is 42.6 Å². The molecule has 96 valence electrons. The molecule has 3 nitrogen and oxygen atoms in total. The van der Waals surface area contributed by atoms with Gasteiger partial charge in [-0.25, -0.2) is 0 Å². The summed E-state index contributed by atoms with van der Waals surface area (Å²) in [6.07, 6.45) is 0. The maximum Gasteiger partial charge on any atom is 0.146 e. The predicted molar refractivity (Wildman–Crippen MR) is 73.7 cm³/mol. The number of furan rings is 1. The first-order valence-corrected chi connectivity index (χ1v) is 6.18. The number of rotatable bonds is 3. The van der Waals surface area contributed by atoms with Gasteiger partial charge in [-0.2, -0.15) is 0 Å². The van der Waals surface area contributed by atoms with Gasteiger partial charge >= 0.3 is 0 Å². The van der Waals surface area contributed by atoms with Gasteiger partial charge in [0.25, 0.3) is 0 Å². The SMILES string of the molecule is Oc1cccc(OCc2cc3cc(Cl)ccc3o2)c1. The molecule has 0 saturated carbocycles. The highest BCUT2D eigenvalue weighted by atomic mass is 35.5. The monoisotopic (exact) mass is 274 g/mol. The summed E-state index contributed by atoms with van der Waals surface area (Å²) in [5.41, 5.74) is 0.777. The number of hydrogen-bond donors (Lipinski definition) is 1. The zero-order chi connectivity index (χ0) is 13.2. The highest BCUT2D eigenvalue weighted by Gasteiger charge is 2.05. The van der Waals surface area contributed by atoms with Crippen LogP contribution >= 0.6 is 11.6 Å². The fourth-order valence-corrected chi connectivity index (χ4v) is 2.05. The molecular weight excluding hydrogens is 264 g/mol. The molecule has 0 aliphatic heterocycles. The van der Waals surface area contributed by atoms with Crippen LogP contribution in [0.4, 0.5) is 0 Å². The van der Waals surface area contributed by atoms with E-state index < -0.39 is 0 Å². The van der Waals surface area contributed by atoms with Crippen molar-refractivity contribution >= 4 is 22.6 Å². The van der Waals surface area contributed by atoms with Crippen LogP contribution in [-0.4, -0.2) is 5.11 Å². The van der Waals surface area contributed by atoms with Gasteiger partial charge in [0.1, 0.15) is 29.4 Å². The predicted octanol–water partition coefficient (Wildman–Crippen LogP) is 4.37. The molecule has 0 amide bonds. The van der Waals surface area contributed by atoms with Crippen molar-refractivity contribution in [2.75, 3.05) is 0 Å². The van der Waals surface area contributed by atoms with E-state index in [1.807, 2.05) is 18.2 Å². The molecule has 0 fully saturated rings. The highest BCUT2D eigenvalue weighted by molar-refractivity contribution is 6.31. The molecule has 3 aromatic rings. The molecule has 3 rings (SSSR count). The summed E-state index contributed by atoms with van der Waals surface area (Å²) < 4.78 is 11.2. The Balaban J connectivity index is 1.78. The number of phenols is 1. The van der Waals surface area contributed by atoms with Gasteiger partial charge in [0, 0.05) is 16.5 Å². The van der Waals surface area contributed by atoms with E-state index in [-0.39, 0.29) is 5.75 Å². The number of hydrogen-bond acceptors (Lipinski definition) is 3. The van der Waals surface area contributed by atoms with Crippen LogP contribution in [0.3, 0.4) is 0 Å². The molecule has 2 aromatic carbocycles. The maximum atomic E-state index is 9.34. The first-order chi connectivity index (χ1) is 9.20. The van der Waals surface area contributed by atoms with Crippen LogP contribution in [0.2, 0.25) is 5.02 Å². The van der Waals surface area contributed by atoms with E-state index in [9.17, 15) is 5.11 Å². The van der Waals surface area contributed by atoms with Crippen molar-refractivity contribution in [3.63, 3.8) is 0 Å². The molecular formula is C15H11ClO3. The van der Waals surface area contributed by atoms with Gasteiger partial charge in [-0.15, -0.1) is 0 Å². The standard InChI is InChI=1S/C15H11ClO3/c16-11-4-5-15-10(6-11)7-14(19-15)9-18-13-3-1-2-12(17)8-13/h1-8,17H,9H2. The van der Waals surface area contributed by atoms with Gasteiger partial charge in [0.15, 0.2) is 0 Å². The molecule has 1 heterocycles. The molecule has 0 atom stereocenters. The third-order valence-electron chi connectivity index (χ3n) is 2.73. The third-order valence-corrected chi connectivity index (χ3v) is 2.96. The quantitative estimate of drug-likeness (QED) is 0.771. The van der Waals surface area contributed by atoms with Gasteiger partial charge in [-0.05, 0) is 36.4 Å². The second-order valence-corrected chi connectivity index (χ2v) is 4.62. The summed E-state index contributed by atoms with van der Waals surface area (Å²) in [5, 5.41) is 11.0. The van der Waals surface area contributed by atoms with Gasteiger partial charge in [0.2, 0.25) is 0 Å². The van der Waals surface area contributed by atoms with Crippen LogP contribution < -0.4 is 4.74 Å². The van der Waals surface area contributed by atoms with E-state index in [1.54, 1.807) is 30.3 Å². The van der Waals surface area contributed by atoms with Crippen molar-refractivity contribution in [2.24, 2.45) is 0 Å². The van der Waals surface area contributed by atoms with Crippen molar-refractivity contribution in [1.29, 1.82) is 0 Å². The molecule has 0 unspecified atom stereocenters. The molecule has 0 bridgehead atoms. The number of halogens is 1. The smallest absolute Gasteiger partial charge is 0.146 e. The van der Waals surface area contributed by atoms with E-state index in [1.165, 1.54) is 0 Å². The summed E-state index contributed by atoms with van der Waals surface area (Å²) >= 11 is 5.92. The Labute approximate surface area is 115 Å². The van der Waals surface area contributed by atoms with Crippen LogP contribution in [0.15, 0.2) is 52.9 Å². The average molecular weight is 275 g/mol. The number of aromatic hydroxyl groups is 1. The highest BCUT2D eigenvalue weighted by Crippen LogP contribution is 2.24. The first-order valence-electron chi connectivity index (χ1n) is 5.80. The summed E-state index contributed by atoms with van der Waals surface area (Å²) in [4.78, 5) is 0. The van der Waals surface area contributed by atoms with Crippen molar-refractivity contribution in [3.05, 3.63) is 59.3 Å². The number of ether oxygens (including phenoxy) is 1. The van der Waals surface area contributed by atoms with Crippen molar-refractivity contribution in [1.82, 2.24) is 0 Å². The Bertz CT molecular complexity index is 718.